The molecule has 0 radical (unpaired) electrons. The van der Waals surface area contributed by atoms with Gasteiger partial charge in [-0.1, -0.05) is 17.3 Å². The molecule has 1 aliphatic heterocycles. The number of halogens is 1. The predicted octanol–water partition coefficient (Wildman–Crippen LogP) is 2.96. The van der Waals surface area contributed by atoms with Crippen molar-refractivity contribution in [2.24, 2.45) is 0 Å². The van der Waals surface area contributed by atoms with Crippen molar-refractivity contribution in [2.45, 2.75) is 18.8 Å². The highest BCUT2D eigenvalue weighted by Crippen LogP contribution is 2.37. The van der Waals surface area contributed by atoms with Crippen LogP contribution in [0, 0.1) is 5.82 Å². The molecule has 0 saturated carbocycles. The number of rotatable bonds is 2. The van der Waals surface area contributed by atoms with Crippen LogP contribution in [0.3, 0.4) is 0 Å². The minimum absolute atomic E-state index is 0.272. The molecule has 0 bridgehead atoms. The Kier molecular flexibility index (Phi) is 3.21. The molecule has 0 atom stereocenters. The standard InChI is InChI=1S/C14H15FN2O2/c15-11-3-1-9(2-4-11)12-13(17-19-14(12)16)10-5-7-18-8-6-10/h1-4,10H,5-8,16H2. The molecule has 3 rings (SSSR count). The van der Waals surface area contributed by atoms with Gasteiger partial charge < -0.3 is 15.0 Å². The van der Waals surface area contributed by atoms with E-state index in [4.69, 9.17) is 15.0 Å². The molecule has 1 saturated heterocycles. The Morgan fingerprint density at radius 1 is 1.16 bits per heavy atom. The monoisotopic (exact) mass is 262 g/mol. The molecule has 1 aliphatic rings. The Balaban J connectivity index is 2.00. The van der Waals surface area contributed by atoms with E-state index in [1.807, 2.05) is 0 Å². The lowest BCUT2D eigenvalue weighted by molar-refractivity contribution is 0.0839. The summed E-state index contributed by atoms with van der Waals surface area (Å²) in [4.78, 5) is 0. The molecule has 19 heavy (non-hydrogen) atoms. The van der Waals surface area contributed by atoms with Gasteiger partial charge in [-0.15, -0.1) is 0 Å². The van der Waals surface area contributed by atoms with Gasteiger partial charge in [-0.05, 0) is 30.5 Å². The fraction of sp³-hybridized carbons (Fsp3) is 0.357. The number of hydrogen-bond donors (Lipinski definition) is 1. The molecule has 2 aromatic rings. The molecule has 5 heteroatoms. The Morgan fingerprint density at radius 3 is 2.53 bits per heavy atom. The second-order valence-corrected chi connectivity index (χ2v) is 4.70. The van der Waals surface area contributed by atoms with Gasteiger partial charge in [-0.3, -0.25) is 0 Å². The maximum Gasteiger partial charge on any atom is 0.230 e. The van der Waals surface area contributed by atoms with Crippen LogP contribution < -0.4 is 5.73 Å². The van der Waals surface area contributed by atoms with Gasteiger partial charge in [0.2, 0.25) is 5.88 Å². The molecule has 100 valence electrons. The zero-order chi connectivity index (χ0) is 13.2. The molecule has 0 spiro atoms. The Bertz CT molecular complexity index is 559. The smallest absolute Gasteiger partial charge is 0.230 e. The van der Waals surface area contributed by atoms with E-state index in [0.717, 1.165) is 42.9 Å². The number of nitrogens with zero attached hydrogens (tertiary/aromatic N) is 1. The van der Waals surface area contributed by atoms with Crippen LogP contribution in [0.1, 0.15) is 24.5 Å². The molecule has 2 heterocycles. The molecule has 0 aliphatic carbocycles. The zero-order valence-corrected chi connectivity index (χ0v) is 10.4. The van der Waals surface area contributed by atoms with Gasteiger partial charge >= 0.3 is 0 Å². The normalized spacial score (nSPS) is 16.7. The van der Waals surface area contributed by atoms with E-state index in [1.165, 1.54) is 12.1 Å². The Labute approximate surface area is 110 Å². The second kappa shape index (κ2) is 5.01. The number of nitrogen functional groups attached to an aromatic ring is 1. The average molecular weight is 262 g/mol. The fourth-order valence-corrected chi connectivity index (χ4v) is 2.47. The lowest BCUT2D eigenvalue weighted by atomic mass is 9.91. The van der Waals surface area contributed by atoms with Crippen LogP contribution in [-0.4, -0.2) is 18.4 Å². The maximum absolute atomic E-state index is 13.0. The highest BCUT2D eigenvalue weighted by Gasteiger charge is 2.25. The minimum Gasteiger partial charge on any atom is -0.381 e. The van der Waals surface area contributed by atoms with Gasteiger partial charge in [0.05, 0.1) is 11.3 Å². The Morgan fingerprint density at radius 2 is 1.84 bits per heavy atom. The van der Waals surface area contributed by atoms with Crippen molar-refractivity contribution in [1.29, 1.82) is 0 Å². The van der Waals surface area contributed by atoms with Crippen LogP contribution >= 0.6 is 0 Å². The number of nitrogens with two attached hydrogens (primary N) is 1. The van der Waals surface area contributed by atoms with Gasteiger partial charge in [0, 0.05) is 19.1 Å². The molecule has 0 amide bonds. The molecule has 0 unspecified atom stereocenters. The van der Waals surface area contributed by atoms with Crippen molar-refractivity contribution >= 4 is 5.88 Å². The zero-order valence-electron chi connectivity index (χ0n) is 10.4. The summed E-state index contributed by atoms with van der Waals surface area (Å²) >= 11 is 0. The first kappa shape index (κ1) is 12.2. The van der Waals surface area contributed by atoms with E-state index in [0.29, 0.717) is 0 Å². The summed E-state index contributed by atoms with van der Waals surface area (Å²) < 4.78 is 23.5. The number of anilines is 1. The number of aromatic nitrogens is 1. The predicted molar refractivity (Wildman–Crippen MR) is 69.1 cm³/mol. The Hall–Kier alpha value is -1.88. The van der Waals surface area contributed by atoms with Gasteiger partial charge in [0.1, 0.15) is 5.82 Å². The van der Waals surface area contributed by atoms with Crippen LogP contribution in [-0.2, 0) is 4.74 Å². The maximum atomic E-state index is 13.0. The van der Waals surface area contributed by atoms with Crippen molar-refractivity contribution in [3.63, 3.8) is 0 Å². The van der Waals surface area contributed by atoms with Gasteiger partial charge in [-0.2, -0.15) is 0 Å². The third-order valence-corrected chi connectivity index (χ3v) is 3.49. The van der Waals surface area contributed by atoms with Crippen molar-refractivity contribution in [2.75, 3.05) is 18.9 Å². The molecule has 1 fully saturated rings. The fourth-order valence-electron chi connectivity index (χ4n) is 2.47. The highest BCUT2D eigenvalue weighted by molar-refractivity contribution is 5.75. The van der Waals surface area contributed by atoms with E-state index in [9.17, 15) is 4.39 Å². The topological polar surface area (TPSA) is 61.3 Å². The van der Waals surface area contributed by atoms with Gasteiger partial charge in [-0.25, -0.2) is 4.39 Å². The van der Waals surface area contributed by atoms with Crippen LogP contribution in [0.5, 0.6) is 0 Å². The SMILES string of the molecule is Nc1onc(C2CCOCC2)c1-c1ccc(F)cc1. The van der Waals surface area contributed by atoms with Crippen LogP contribution in [0.4, 0.5) is 10.3 Å². The molecule has 2 N–H and O–H groups in total. The first-order valence-electron chi connectivity index (χ1n) is 6.34. The summed E-state index contributed by atoms with van der Waals surface area (Å²) in [5.41, 5.74) is 8.34. The van der Waals surface area contributed by atoms with E-state index in [-0.39, 0.29) is 17.6 Å². The minimum atomic E-state index is -0.272. The van der Waals surface area contributed by atoms with Crippen LogP contribution in [0.2, 0.25) is 0 Å². The first-order chi connectivity index (χ1) is 9.25. The molecule has 4 nitrogen and oxygen atoms in total. The highest BCUT2D eigenvalue weighted by atomic mass is 19.1. The summed E-state index contributed by atoms with van der Waals surface area (Å²) in [6.45, 7) is 1.45. The largest absolute Gasteiger partial charge is 0.381 e. The summed E-state index contributed by atoms with van der Waals surface area (Å²) in [6, 6.07) is 6.22. The lowest BCUT2D eigenvalue weighted by Gasteiger charge is -2.20. The number of ether oxygens (including phenoxy) is 1. The van der Waals surface area contributed by atoms with Crippen molar-refractivity contribution in [3.05, 3.63) is 35.8 Å². The van der Waals surface area contributed by atoms with Crippen LogP contribution in [0.25, 0.3) is 11.1 Å². The molecule has 1 aromatic heterocycles. The summed E-state index contributed by atoms with van der Waals surface area (Å²) in [6.07, 6.45) is 1.81. The van der Waals surface area contributed by atoms with Crippen molar-refractivity contribution < 1.29 is 13.7 Å². The number of benzene rings is 1. The molecule has 1 aromatic carbocycles. The summed E-state index contributed by atoms with van der Waals surface area (Å²) in [5.74, 6) is 0.300. The lowest BCUT2D eigenvalue weighted by Crippen LogP contribution is -2.15. The van der Waals surface area contributed by atoms with Crippen molar-refractivity contribution in [1.82, 2.24) is 5.16 Å². The average Bonchev–Trinajstić information content (AvgIpc) is 2.83. The van der Waals surface area contributed by atoms with Gasteiger partial charge in [0.15, 0.2) is 0 Å². The van der Waals surface area contributed by atoms with Crippen molar-refractivity contribution in [3.8, 4) is 11.1 Å². The first-order valence-corrected chi connectivity index (χ1v) is 6.34. The van der Waals surface area contributed by atoms with Crippen LogP contribution in [0.15, 0.2) is 28.8 Å². The van der Waals surface area contributed by atoms with E-state index in [2.05, 4.69) is 5.16 Å². The van der Waals surface area contributed by atoms with Gasteiger partial charge in [0.25, 0.3) is 0 Å². The second-order valence-electron chi connectivity index (χ2n) is 4.70. The summed E-state index contributed by atoms with van der Waals surface area (Å²) in [5, 5.41) is 4.09. The molecular weight excluding hydrogens is 247 g/mol. The summed E-state index contributed by atoms with van der Waals surface area (Å²) in [7, 11) is 0. The number of hydrogen-bond acceptors (Lipinski definition) is 4. The van der Waals surface area contributed by atoms with E-state index >= 15 is 0 Å². The quantitative estimate of drug-likeness (QED) is 0.903. The molecular formula is C14H15FN2O2. The van der Waals surface area contributed by atoms with E-state index in [1.54, 1.807) is 12.1 Å². The third-order valence-electron chi connectivity index (χ3n) is 3.49. The third kappa shape index (κ3) is 2.33. The van der Waals surface area contributed by atoms with E-state index < -0.39 is 0 Å².